The fourth-order valence-corrected chi connectivity index (χ4v) is 5.43. The molecule has 0 bridgehead atoms. The predicted molar refractivity (Wildman–Crippen MR) is 160 cm³/mol. The third-order valence-electron chi connectivity index (χ3n) is 8.77. The van der Waals surface area contributed by atoms with Crippen molar-refractivity contribution in [3.63, 3.8) is 0 Å². The van der Waals surface area contributed by atoms with Gasteiger partial charge >= 0.3 is 0 Å². The number of benzene rings is 2. The Hall–Kier alpha value is -3.21. The van der Waals surface area contributed by atoms with Crippen molar-refractivity contribution < 1.29 is 69.3 Å². The van der Waals surface area contributed by atoms with Crippen LogP contribution < -0.4 is 14.2 Å². The topological polar surface area (TPSA) is 225 Å². The summed E-state index contributed by atoms with van der Waals surface area (Å²) in [6.45, 7) is 3.67. The van der Waals surface area contributed by atoms with Gasteiger partial charge in [-0.15, -0.1) is 0 Å². The molecule has 8 N–H and O–H groups in total. The van der Waals surface area contributed by atoms with Crippen LogP contribution >= 0.6 is 0 Å². The fourth-order valence-electron chi connectivity index (χ4n) is 5.43. The third kappa shape index (κ3) is 7.50. The average molecular weight is 653 g/mol. The minimum absolute atomic E-state index is 0.00864. The Morgan fingerprint density at radius 2 is 1.74 bits per heavy atom. The molecule has 1 fully saturated rings. The summed E-state index contributed by atoms with van der Waals surface area (Å²) in [7, 11) is 1.41. The number of aliphatic hydroxyl groups excluding tert-OH is 5. The van der Waals surface area contributed by atoms with Crippen molar-refractivity contribution in [3.05, 3.63) is 41.5 Å². The van der Waals surface area contributed by atoms with E-state index in [9.17, 15) is 45.6 Å². The Labute approximate surface area is 266 Å². The highest BCUT2D eigenvalue weighted by molar-refractivity contribution is 6.02. The van der Waals surface area contributed by atoms with Crippen LogP contribution in [0.3, 0.4) is 0 Å². The molecular formula is C32H44O14. The molecule has 46 heavy (non-hydrogen) atoms. The van der Waals surface area contributed by atoms with Crippen LogP contribution in [0.15, 0.2) is 30.3 Å². The van der Waals surface area contributed by atoms with E-state index in [1.165, 1.54) is 32.2 Å². The summed E-state index contributed by atoms with van der Waals surface area (Å²) in [5, 5.41) is 84.2. The molecular weight excluding hydrogens is 608 g/mol. The lowest BCUT2D eigenvalue weighted by Crippen LogP contribution is -2.64. The zero-order chi connectivity index (χ0) is 33.9. The lowest BCUT2D eigenvalue weighted by molar-refractivity contribution is -0.254. The van der Waals surface area contributed by atoms with Crippen LogP contribution in [-0.2, 0) is 9.47 Å². The first-order chi connectivity index (χ1) is 21.7. The first-order valence-corrected chi connectivity index (χ1v) is 15.1. The standard InChI is InChI=1S/C32H44O14/c1-5-15(2)27(36)30(39)28(37)16(3)43-12-25-29(38)31(40)32(41,14-45-25)13-44-18-9-20(34)26-21(35)11-23(46-24(26)10-18)17-6-7-22(42-4)19(33)8-17/h6-10,15-16,23,25,27-31,33-34,36-41H,5,11-14H2,1-4H3. The van der Waals surface area contributed by atoms with Crippen molar-refractivity contribution in [1.82, 2.24) is 0 Å². The predicted octanol–water partition coefficient (Wildman–Crippen LogP) is 0.577. The highest BCUT2D eigenvalue weighted by Crippen LogP contribution is 2.43. The maximum absolute atomic E-state index is 12.9. The number of ether oxygens (including phenoxy) is 5. The highest BCUT2D eigenvalue weighted by Gasteiger charge is 2.49. The zero-order valence-electron chi connectivity index (χ0n) is 26.1. The number of phenols is 2. The summed E-state index contributed by atoms with van der Waals surface area (Å²) in [5.74, 6) is -0.976. The molecule has 0 spiro atoms. The van der Waals surface area contributed by atoms with E-state index < -0.39 is 79.2 Å². The number of hydrogen-bond donors (Lipinski definition) is 8. The molecule has 2 aliphatic heterocycles. The van der Waals surface area contributed by atoms with E-state index in [-0.39, 0.29) is 47.5 Å². The van der Waals surface area contributed by atoms with Gasteiger partial charge in [0.15, 0.2) is 17.3 Å². The quantitative estimate of drug-likeness (QED) is 0.148. The van der Waals surface area contributed by atoms with E-state index in [4.69, 9.17) is 23.7 Å². The van der Waals surface area contributed by atoms with Gasteiger partial charge in [-0.05, 0) is 30.5 Å². The molecule has 0 radical (unpaired) electrons. The maximum Gasteiger partial charge on any atom is 0.174 e. The van der Waals surface area contributed by atoms with Gasteiger partial charge < -0.3 is 64.5 Å². The van der Waals surface area contributed by atoms with E-state index >= 15 is 0 Å². The number of ketones is 1. The van der Waals surface area contributed by atoms with E-state index in [0.717, 1.165) is 6.07 Å². The molecule has 0 saturated carbocycles. The van der Waals surface area contributed by atoms with Gasteiger partial charge in [0.05, 0.1) is 39.0 Å². The second kappa shape index (κ2) is 14.7. The number of fused-ring (bicyclic) bond motifs is 1. The molecule has 10 unspecified atom stereocenters. The van der Waals surface area contributed by atoms with Gasteiger partial charge in [0.25, 0.3) is 0 Å². The summed E-state index contributed by atoms with van der Waals surface area (Å²) >= 11 is 0. The summed E-state index contributed by atoms with van der Waals surface area (Å²) in [5.41, 5.74) is -1.65. The van der Waals surface area contributed by atoms with Gasteiger partial charge in [0, 0.05) is 12.1 Å². The summed E-state index contributed by atoms with van der Waals surface area (Å²) in [6.07, 6.45) is -9.85. The molecule has 0 aromatic heterocycles. The van der Waals surface area contributed by atoms with Crippen molar-refractivity contribution in [3.8, 4) is 28.7 Å². The average Bonchev–Trinajstić information content (AvgIpc) is 3.04. The number of rotatable bonds is 13. The minimum atomic E-state index is -2.09. The van der Waals surface area contributed by atoms with Gasteiger partial charge in [0.1, 0.15) is 71.6 Å². The molecule has 2 aliphatic rings. The molecule has 0 aliphatic carbocycles. The largest absolute Gasteiger partial charge is 0.507 e. The van der Waals surface area contributed by atoms with E-state index in [1.54, 1.807) is 13.0 Å². The van der Waals surface area contributed by atoms with Gasteiger partial charge in [-0.1, -0.05) is 26.3 Å². The lowest BCUT2D eigenvalue weighted by atomic mass is 9.88. The number of carbonyl (C=O) groups excluding carboxylic acids is 1. The van der Waals surface area contributed by atoms with Crippen LogP contribution in [0.5, 0.6) is 28.7 Å². The number of carbonyl (C=O) groups is 1. The Bertz CT molecular complexity index is 1350. The van der Waals surface area contributed by atoms with Crippen molar-refractivity contribution >= 4 is 5.78 Å². The minimum Gasteiger partial charge on any atom is -0.507 e. The molecule has 14 nitrogen and oxygen atoms in total. The SMILES string of the molecule is CCC(C)C(O)C(O)C(O)C(C)OCC1OCC(O)(COc2cc(O)c3c(c2)OC(c2ccc(OC)c(O)c2)CC3=O)C(O)C1O. The van der Waals surface area contributed by atoms with Crippen LogP contribution in [0.1, 0.15) is 55.6 Å². The van der Waals surface area contributed by atoms with Crippen LogP contribution in [0.4, 0.5) is 0 Å². The Morgan fingerprint density at radius 1 is 1.02 bits per heavy atom. The Balaban J connectivity index is 1.37. The normalized spacial score (nSPS) is 27.9. The van der Waals surface area contributed by atoms with Crippen LogP contribution in [0, 0.1) is 5.92 Å². The first kappa shape index (κ1) is 35.6. The summed E-state index contributed by atoms with van der Waals surface area (Å²) < 4.78 is 27.8. The van der Waals surface area contributed by atoms with Crippen molar-refractivity contribution in [2.24, 2.45) is 5.92 Å². The summed E-state index contributed by atoms with van der Waals surface area (Å²) in [4.78, 5) is 12.9. The fraction of sp³-hybridized carbons (Fsp3) is 0.594. The first-order valence-electron chi connectivity index (χ1n) is 15.1. The van der Waals surface area contributed by atoms with Gasteiger partial charge in [-0.2, -0.15) is 0 Å². The number of aliphatic hydroxyl groups is 6. The Kier molecular flexibility index (Phi) is 11.4. The van der Waals surface area contributed by atoms with Crippen LogP contribution in [0.25, 0.3) is 0 Å². The van der Waals surface area contributed by atoms with Gasteiger partial charge in [-0.25, -0.2) is 0 Å². The Morgan fingerprint density at radius 3 is 2.39 bits per heavy atom. The number of hydrogen-bond acceptors (Lipinski definition) is 14. The molecule has 0 amide bonds. The second-order valence-corrected chi connectivity index (χ2v) is 12.1. The number of methoxy groups -OCH3 is 1. The molecule has 10 atom stereocenters. The van der Waals surface area contributed by atoms with Gasteiger partial charge in [0.2, 0.25) is 0 Å². The molecule has 2 heterocycles. The molecule has 2 aromatic rings. The van der Waals surface area contributed by atoms with E-state index in [1.807, 2.05) is 6.92 Å². The second-order valence-electron chi connectivity index (χ2n) is 12.1. The van der Waals surface area contributed by atoms with Crippen LogP contribution in [-0.4, -0.2) is 122 Å². The number of phenolic OH excluding ortho intramolecular Hbond substituents is 2. The van der Waals surface area contributed by atoms with E-state index in [2.05, 4.69) is 0 Å². The van der Waals surface area contributed by atoms with Crippen LogP contribution in [0.2, 0.25) is 0 Å². The molecule has 1 saturated heterocycles. The molecule has 4 rings (SSSR count). The maximum atomic E-state index is 12.9. The van der Waals surface area contributed by atoms with Crippen molar-refractivity contribution in [2.45, 2.75) is 88.0 Å². The molecule has 14 heteroatoms. The van der Waals surface area contributed by atoms with Crippen molar-refractivity contribution in [2.75, 3.05) is 26.9 Å². The smallest absolute Gasteiger partial charge is 0.174 e. The zero-order valence-corrected chi connectivity index (χ0v) is 26.1. The highest BCUT2D eigenvalue weighted by atomic mass is 16.6. The number of aromatic hydroxyl groups is 2. The summed E-state index contributed by atoms with van der Waals surface area (Å²) in [6, 6.07) is 7.08. The monoisotopic (exact) mass is 652 g/mol. The van der Waals surface area contributed by atoms with Crippen molar-refractivity contribution in [1.29, 1.82) is 0 Å². The molecule has 2 aromatic carbocycles. The molecule has 256 valence electrons. The lowest BCUT2D eigenvalue weighted by Gasteiger charge is -2.43. The van der Waals surface area contributed by atoms with Gasteiger partial charge in [-0.3, -0.25) is 4.79 Å². The van der Waals surface area contributed by atoms with E-state index in [0.29, 0.717) is 12.0 Å². The number of Topliss-reactive ketones (excluding diaryl/α,β-unsaturated/α-hetero) is 1. The third-order valence-corrected chi connectivity index (χ3v) is 8.77.